The fourth-order valence-electron chi connectivity index (χ4n) is 2.85. The van der Waals surface area contributed by atoms with Crippen LogP contribution in [-0.2, 0) is 6.54 Å². The second-order valence-electron chi connectivity index (χ2n) is 5.42. The van der Waals surface area contributed by atoms with Crippen LogP contribution < -0.4 is 5.32 Å². The molecule has 0 saturated heterocycles. The monoisotopic (exact) mass is 267 g/mol. The van der Waals surface area contributed by atoms with E-state index in [1.807, 2.05) is 7.05 Å². The van der Waals surface area contributed by atoms with Crippen LogP contribution in [0.25, 0.3) is 0 Å². The Bertz CT molecular complexity index is 343. The summed E-state index contributed by atoms with van der Waals surface area (Å²) < 4.78 is 0. The summed E-state index contributed by atoms with van der Waals surface area (Å²) in [6.07, 6.45) is 9.61. The van der Waals surface area contributed by atoms with Gasteiger partial charge in [0.2, 0.25) is 0 Å². The number of aromatic nitrogens is 2. The van der Waals surface area contributed by atoms with Crippen LogP contribution in [0, 0.1) is 5.92 Å². The van der Waals surface area contributed by atoms with E-state index >= 15 is 0 Å². The number of nitrogens with zero attached hydrogens (tertiary/aromatic N) is 2. The van der Waals surface area contributed by atoms with E-state index in [0.29, 0.717) is 5.92 Å². The molecule has 1 heterocycles. The topological polar surface area (TPSA) is 37.8 Å². The number of hydrogen-bond acceptors (Lipinski definition) is 4. The minimum Gasteiger partial charge on any atom is -0.313 e. The third-order valence-corrected chi connectivity index (χ3v) is 5.06. The van der Waals surface area contributed by atoms with Crippen molar-refractivity contribution in [3.8, 4) is 0 Å². The van der Waals surface area contributed by atoms with Gasteiger partial charge < -0.3 is 5.32 Å². The molecule has 1 fully saturated rings. The first-order chi connectivity index (χ1) is 8.83. The minimum absolute atomic E-state index is 0.686. The lowest BCUT2D eigenvalue weighted by atomic mass is 9.80. The van der Waals surface area contributed by atoms with Crippen LogP contribution in [0.4, 0.5) is 0 Å². The zero-order chi connectivity index (χ0) is 12.8. The molecule has 0 aliphatic heterocycles. The average Bonchev–Trinajstić information content (AvgIpc) is 2.86. The van der Waals surface area contributed by atoms with Gasteiger partial charge >= 0.3 is 0 Å². The smallest absolute Gasteiger partial charge is 0.131 e. The van der Waals surface area contributed by atoms with Crippen LogP contribution in [-0.4, -0.2) is 17.2 Å². The molecule has 0 radical (unpaired) electrons. The summed E-state index contributed by atoms with van der Waals surface area (Å²) in [7, 11) is 1.96. The summed E-state index contributed by atoms with van der Waals surface area (Å²) >= 11 is 1.80. The summed E-state index contributed by atoms with van der Waals surface area (Å²) in [6.45, 7) is 3.14. The molecule has 1 aliphatic carbocycles. The van der Waals surface area contributed by atoms with Crippen molar-refractivity contribution in [1.82, 2.24) is 15.5 Å². The van der Waals surface area contributed by atoms with Crippen molar-refractivity contribution >= 4 is 11.3 Å². The molecular weight excluding hydrogens is 242 g/mol. The lowest BCUT2D eigenvalue weighted by Gasteiger charge is -2.26. The van der Waals surface area contributed by atoms with Crippen LogP contribution in [0.1, 0.15) is 67.8 Å². The van der Waals surface area contributed by atoms with E-state index in [9.17, 15) is 0 Å². The van der Waals surface area contributed by atoms with Crippen molar-refractivity contribution in [2.45, 2.75) is 64.3 Å². The van der Waals surface area contributed by atoms with Crippen LogP contribution in [0.5, 0.6) is 0 Å². The highest BCUT2D eigenvalue weighted by Crippen LogP contribution is 2.38. The third kappa shape index (κ3) is 3.75. The molecule has 0 atom stereocenters. The zero-order valence-corrected chi connectivity index (χ0v) is 12.4. The lowest BCUT2D eigenvalue weighted by molar-refractivity contribution is 0.303. The predicted octanol–water partition coefficient (Wildman–Crippen LogP) is 3.72. The lowest BCUT2D eigenvalue weighted by Crippen LogP contribution is -2.13. The van der Waals surface area contributed by atoms with Gasteiger partial charge in [-0.2, -0.15) is 0 Å². The van der Waals surface area contributed by atoms with Crippen molar-refractivity contribution < 1.29 is 0 Å². The molecule has 18 heavy (non-hydrogen) atoms. The van der Waals surface area contributed by atoms with Crippen molar-refractivity contribution in [2.24, 2.45) is 5.92 Å². The second-order valence-corrected chi connectivity index (χ2v) is 6.52. The molecular formula is C14H25N3S. The molecule has 2 rings (SSSR count). The SMILES string of the molecule is CCCCC1CCC(c2nnc(CNC)s2)CC1. The maximum Gasteiger partial charge on any atom is 0.131 e. The molecule has 3 nitrogen and oxygen atoms in total. The Morgan fingerprint density at radius 2 is 2.00 bits per heavy atom. The number of hydrogen-bond donors (Lipinski definition) is 1. The van der Waals surface area contributed by atoms with Gasteiger partial charge in [-0.05, 0) is 38.6 Å². The first-order valence-corrected chi connectivity index (χ1v) is 8.12. The molecule has 0 bridgehead atoms. The standard InChI is InChI=1S/C14H25N3S/c1-3-4-5-11-6-8-12(9-7-11)14-17-16-13(18-14)10-15-2/h11-12,15H,3-10H2,1-2H3. The molecule has 1 aliphatic rings. The summed E-state index contributed by atoms with van der Waals surface area (Å²) in [4.78, 5) is 0. The van der Waals surface area contributed by atoms with E-state index in [4.69, 9.17) is 0 Å². The molecule has 1 aromatic rings. The molecule has 0 spiro atoms. The first kappa shape index (κ1) is 13.9. The van der Waals surface area contributed by atoms with Gasteiger partial charge in [-0.25, -0.2) is 0 Å². The van der Waals surface area contributed by atoms with E-state index in [0.717, 1.165) is 17.5 Å². The van der Waals surface area contributed by atoms with Gasteiger partial charge in [0.1, 0.15) is 10.0 Å². The molecule has 4 heteroatoms. The molecule has 102 valence electrons. The Morgan fingerprint density at radius 3 is 2.67 bits per heavy atom. The van der Waals surface area contributed by atoms with Gasteiger partial charge in [-0.3, -0.25) is 0 Å². The van der Waals surface area contributed by atoms with Crippen molar-refractivity contribution in [1.29, 1.82) is 0 Å². The van der Waals surface area contributed by atoms with Gasteiger partial charge in [0.05, 0.1) is 0 Å². The fourth-order valence-corrected chi connectivity index (χ4v) is 3.87. The van der Waals surface area contributed by atoms with Crippen LogP contribution in [0.15, 0.2) is 0 Å². The van der Waals surface area contributed by atoms with E-state index in [-0.39, 0.29) is 0 Å². The van der Waals surface area contributed by atoms with Gasteiger partial charge in [-0.1, -0.05) is 37.5 Å². The summed E-state index contributed by atoms with van der Waals surface area (Å²) in [5.74, 6) is 1.66. The highest BCUT2D eigenvalue weighted by molar-refractivity contribution is 7.11. The fraction of sp³-hybridized carbons (Fsp3) is 0.857. The number of nitrogens with one attached hydrogen (secondary N) is 1. The van der Waals surface area contributed by atoms with Crippen molar-refractivity contribution in [3.63, 3.8) is 0 Å². The molecule has 1 aromatic heterocycles. The van der Waals surface area contributed by atoms with E-state index in [1.165, 1.54) is 50.0 Å². The summed E-state index contributed by atoms with van der Waals surface area (Å²) in [6, 6.07) is 0. The highest BCUT2D eigenvalue weighted by Gasteiger charge is 2.24. The van der Waals surface area contributed by atoms with Crippen LogP contribution in [0.2, 0.25) is 0 Å². The molecule has 1 N–H and O–H groups in total. The second kappa shape index (κ2) is 7.19. The molecule has 0 amide bonds. The summed E-state index contributed by atoms with van der Waals surface area (Å²) in [5, 5.41) is 14.2. The van der Waals surface area contributed by atoms with Gasteiger partial charge in [0.15, 0.2) is 0 Å². The van der Waals surface area contributed by atoms with Crippen molar-refractivity contribution in [2.75, 3.05) is 7.05 Å². The number of unbranched alkanes of at least 4 members (excludes halogenated alkanes) is 1. The maximum atomic E-state index is 4.37. The predicted molar refractivity (Wildman–Crippen MR) is 76.9 cm³/mol. The quantitative estimate of drug-likeness (QED) is 0.853. The van der Waals surface area contributed by atoms with Crippen molar-refractivity contribution in [3.05, 3.63) is 10.0 Å². The van der Waals surface area contributed by atoms with Gasteiger partial charge in [-0.15, -0.1) is 10.2 Å². The Morgan fingerprint density at radius 1 is 1.22 bits per heavy atom. The van der Waals surface area contributed by atoms with E-state index < -0.39 is 0 Å². The third-order valence-electron chi connectivity index (χ3n) is 3.97. The normalized spacial score (nSPS) is 24.3. The van der Waals surface area contributed by atoms with Crippen LogP contribution >= 0.6 is 11.3 Å². The Kier molecular flexibility index (Phi) is 5.57. The Labute approximate surface area is 114 Å². The maximum absolute atomic E-state index is 4.37. The average molecular weight is 267 g/mol. The molecule has 0 aromatic carbocycles. The van der Waals surface area contributed by atoms with Gasteiger partial charge in [0.25, 0.3) is 0 Å². The van der Waals surface area contributed by atoms with Crippen LogP contribution in [0.3, 0.4) is 0 Å². The number of rotatable bonds is 6. The van der Waals surface area contributed by atoms with E-state index in [2.05, 4.69) is 22.4 Å². The highest BCUT2D eigenvalue weighted by atomic mass is 32.1. The molecule has 1 saturated carbocycles. The Balaban J connectivity index is 1.81. The largest absolute Gasteiger partial charge is 0.313 e. The summed E-state index contributed by atoms with van der Waals surface area (Å²) in [5.41, 5.74) is 0. The van der Waals surface area contributed by atoms with E-state index in [1.54, 1.807) is 11.3 Å². The van der Waals surface area contributed by atoms with Gasteiger partial charge in [0, 0.05) is 12.5 Å². The first-order valence-electron chi connectivity index (χ1n) is 7.30. The zero-order valence-electron chi connectivity index (χ0n) is 11.6. The molecule has 0 unspecified atom stereocenters. The Hall–Kier alpha value is -0.480. The minimum atomic E-state index is 0.686.